The Hall–Kier alpha value is -1.73. The highest BCUT2D eigenvalue weighted by atomic mass is 32.1. The molecular weight excluding hydrogens is 300 g/mol. The number of aryl methyl sites for hydroxylation is 1. The molecule has 1 N–H and O–H groups in total. The molecule has 1 amide bonds. The van der Waals surface area contributed by atoms with Crippen LogP contribution in [0.5, 0.6) is 0 Å². The van der Waals surface area contributed by atoms with Crippen LogP contribution in [0, 0.1) is 0 Å². The van der Waals surface area contributed by atoms with Crippen LogP contribution in [0.3, 0.4) is 0 Å². The minimum absolute atomic E-state index is 0.0207. The third kappa shape index (κ3) is 3.20. The molecule has 0 radical (unpaired) electrons. The highest BCUT2D eigenvalue weighted by Crippen LogP contribution is 2.17. The van der Waals surface area contributed by atoms with E-state index in [1.807, 2.05) is 5.38 Å². The summed E-state index contributed by atoms with van der Waals surface area (Å²) in [7, 11) is 0. The Kier molecular flexibility index (Phi) is 4.54. The number of likely N-dealkylation sites (tertiary alicyclic amines) is 1. The van der Waals surface area contributed by atoms with E-state index in [1.165, 1.54) is 11.3 Å². The molecule has 3 heterocycles. The average Bonchev–Trinajstić information content (AvgIpc) is 3.13. The maximum absolute atomic E-state index is 12.5. The van der Waals surface area contributed by atoms with E-state index in [-0.39, 0.29) is 12.0 Å². The Labute approximate surface area is 133 Å². The van der Waals surface area contributed by atoms with Gasteiger partial charge < -0.3 is 10.0 Å². The Bertz CT molecular complexity index is 652. The van der Waals surface area contributed by atoms with Gasteiger partial charge in [-0.15, -0.1) is 11.3 Å². The molecule has 0 saturated carbocycles. The Morgan fingerprint density at radius 2 is 2.32 bits per heavy atom. The van der Waals surface area contributed by atoms with Crippen molar-refractivity contribution in [2.45, 2.75) is 38.7 Å². The van der Waals surface area contributed by atoms with Crippen LogP contribution < -0.4 is 0 Å². The van der Waals surface area contributed by atoms with Crippen LogP contribution in [0.15, 0.2) is 17.8 Å². The zero-order valence-corrected chi connectivity index (χ0v) is 13.4. The predicted octanol–water partition coefficient (Wildman–Crippen LogP) is 1.88. The zero-order chi connectivity index (χ0) is 15.5. The first-order valence-electron chi connectivity index (χ1n) is 7.64. The number of aromatic nitrogens is 3. The molecule has 1 aliphatic rings. The van der Waals surface area contributed by atoms with Crippen molar-refractivity contribution >= 4 is 17.2 Å². The molecule has 3 rings (SSSR count). The van der Waals surface area contributed by atoms with Crippen LogP contribution in [0.1, 0.15) is 42.2 Å². The third-order valence-electron chi connectivity index (χ3n) is 3.91. The van der Waals surface area contributed by atoms with E-state index in [9.17, 15) is 9.90 Å². The highest BCUT2D eigenvalue weighted by molar-refractivity contribution is 7.12. The molecule has 7 heteroatoms. The average molecular weight is 320 g/mol. The van der Waals surface area contributed by atoms with Crippen molar-refractivity contribution in [3.05, 3.63) is 29.0 Å². The first kappa shape index (κ1) is 15.2. The second-order valence-electron chi connectivity index (χ2n) is 5.53. The van der Waals surface area contributed by atoms with Gasteiger partial charge in [-0.2, -0.15) is 5.10 Å². The largest absolute Gasteiger partial charge is 0.393 e. The quantitative estimate of drug-likeness (QED) is 0.937. The van der Waals surface area contributed by atoms with Crippen molar-refractivity contribution in [3.63, 3.8) is 0 Å². The molecule has 0 spiro atoms. The molecule has 1 unspecified atom stereocenters. The van der Waals surface area contributed by atoms with E-state index in [4.69, 9.17) is 0 Å². The van der Waals surface area contributed by atoms with Crippen molar-refractivity contribution in [2.75, 3.05) is 13.1 Å². The van der Waals surface area contributed by atoms with Crippen LogP contribution >= 0.6 is 11.3 Å². The Morgan fingerprint density at radius 3 is 3.09 bits per heavy atom. The van der Waals surface area contributed by atoms with Crippen LogP contribution in [-0.2, 0) is 6.42 Å². The molecule has 2 aromatic heterocycles. The summed E-state index contributed by atoms with van der Waals surface area (Å²) < 4.78 is 1.66. The maximum atomic E-state index is 12.5. The number of nitrogens with zero attached hydrogens (tertiary/aromatic N) is 4. The van der Waals surface area contributed by atoms with Crippen molar-refractivity contribution in [3.8, 4) is 5.13 Å². The van der Waals surface area contributed by atoms with E-state index in [0.29, 0.717) is 25.1 Å². The van der Waals surface area contributed by atoms with E-state index in [1.54, 1.807) is 22.0 Å². The summed E-state index contributed by atoms with van der Waals surface area (Å²) in [5, 5.41) is 16.7. The number of carbonyl (C=O) groups is 1. The summed E-state index contributed by atoms with van der Waals surface area (Å²) in [6, 6.07) is 0. The molecule has 1 aliphatic heterocycles. The predicted molar refractivity (Wildman–Crippen MR) is 84.4 cm³/mol. The molecule has 0 aromatic carbocycles. The summed E-state index contributed by atoms with van der Waals surface area (Å²) in [5.74, 6) is -0.0207. The molecule has 1 fully saturated rings. The molecule has 0 aliphatic carbocycles. The van der Waals surface area contributed by atoms with Crippen molar-refractivity contribution in [1.82, 2.24) is 19.7 Å². The minimum Gasteiger partial charge on any atom is -0.393 e. The lowest BCUT2D eigenvalue weighted by atomic mass is 10.2. The van der Waals surface area contributed by atoms with E-state index in [2.05, 4.69) is 17.0 Å². The van der Waals surface area contributed by atoms with Gasteiger partial charge in [-0.05, 0) is 25.7 Å². The number of thiazole rings is 1. The van der Waals surface area contributed by atoms with Crippen LogP contribution in [-0.4, -0.2) is 49.9 Å². The first-order valence-corrected chi connectivity index (χ1v) is 8.52. The van der Waals surface area contributed by atoms with Crippen LogP contribution in [0.4, 0.5) is 0 Å². The molecule has 2 aromatic rings. The van der Waals surface area contributed by atoms with Gasteiger partial charge in [0, 0.05) is 24.7 Å². The number of hydrogen-bond acceptors (Lipinski definition) is 5. The Balaban J connectivity index is 1.73. The normalized spacial score (nSPS) is 19.2. The molecule has 6 nitrogen and oxygen atoms in total. The van der Waals surface area contributed by atoms with Crippen LogP contribution in [0.2, 0.25) is 0 Å². The topological polar surface area (TPSA) is 71.2 Å². The molecule has 22 heavy (non-hydrogen) atoms. The summed E-state index contributed by atoms with van der Waals surface area (Å²) in [6.07, 6.45) is 6.18. The van der Waals surface area contributed by atoms with Gasteiger partial charge in [0.1, 0.15) is 0 Å². The molecular formula is C15H20N4O2S. The van der Waals surface area contributed by atoms with Gasteiger partial charge in [0.25, 0.3) is 5.91 Å². The SMILES string of the molecule is CCc1csc(-n2cc(C(=O)N3CCCC(O)CC3)cn2)n1. The fourth-order valence-electron chi connectivity index (χ4n) is 2.57. The number of aliphatic hydroxyl groups is 1. The summed E-state index contributed by atoms with van der Waals surface area (Å²) in [6.45, 7) is 3.35. The first-order chi connectivity index (χ1) is 10.7. The van der Waals surface area contributed by atoms with Crippen LogP contribution in [0.25, 0.3) is 5.13 Å². The number of hydrogen-bond donors (Lipinski definition) is 1. The highest BCUT2D eigenvalue weighted by Gasteiger charge is 2.21. The van der Waals surface area contributed by atoms with Crippen molar-refractivity contribution in [2.24, 2.45) is 0 Å². The van der Waals surface area contributed by atoms with Gasteiger partial charge in [0.15, 0.2) is 0 Å². The summed E-state index contributed by atoms with van der Waals surface area (Å²) in [5.41, 5.74) is 1.61. The van der Waals surface area contributed by atoms with Gasteiger partial charge in [-0.1, -0.05) is 6.92 Å². The second-order valence-corrected chi connectivity index (χ2v) is 6.36. The second kappa shape index (κ2) is 6.58. The van der Waals surface area contributed by atoms with Gasteiger partial charge in [-0.3, -0.25) is 4.79 Å². The third-order valence-corrected chi connectivity index (χ3v) is 4.79. The molecule has 0 bridgehead atoms. The zero-order valence-electron chi connectivity index (χ0n) is 12.6. The maximum Gasteiger partial charge on any atom is 0.257 e. The lowest BCUT2D eigenvalue weighted by molar-refractivity contribution is 0.0753. The molecule has 118 valence electrons. The molecule has 1 atom stereocenters. The monoisotopic (exact) mass is 320 g/mol. The minimum atomic E-state index is -0.289. The van der Waals surface area contributed by atoms with E-state index >= 15 is 0 Å². The number of amides is 1. The standard InChI is InChI=1S/C15H20N4O2S/c1-2-12-10-22-15(17-12)19-9-11(8-16-19)14(21)18-6-3-4-13(20)5-7-18/h8-10,13,20H,2-7H2,1H3. The lowest BCUT2D eigenvalue weighted by Crippen LogP contribution is -2.32. The number of carbonyl (C=O) groups excluding carboxylic acids is 1. The summed E-state index contributed by atoms with van der Waals surface area (Å²) >= 11 is 1.52. The van der Waals surface area contributed by atoms with Gasteiger partial charge in [-0.25, -0.2) is 9.67 Å². The van der Waals surface area contributed by atoms with Crippen molar-refractivity contribution < 1.29 is 9.90 Å². The van der Waals surface area contributed by atoms with Gasteiger partial charge in [0.05, 0.1) is 23.6 Å². The van der Waals surface area contributed by atoms with E-state index in [0.717, 1.165) is 30.1 Å². The number of aliphatic hydroxyl groups excluding tert-OH is 1. The molecule has 1 saturated heterocycles. The smallest absolute Gasteiger partial charge is 0.257 e. The fourth-order valence-corrected chi connectivity index (χ4v) is 3.40. The lowest BCUT2D eigenvalue weighted by Gasteiger charge is -2.19. The fraction of sp³-hybridized carbons (Fsp3) is 0.533. The number of rotatable bonds is 3. The Morgan fingerprint density at radius 1 is 1.45 bits per heavy atom. The summed E-state index contributed by atoms with van der Waals surface area (Å²) in [4.78, 5) is 18.8. The van der Waals surface area contributed by atoms with Crippen molar-refractivity contribution in [1.29, 1.82) is 0 Å². The van der Waals surface area contributed by atoms with Gasteiger partial charge >= 0.3 is 0 Å². The van der Waals surface area contributed by atoms with E-state index < -0.39 is 0 Å². The van der Waals surface area contributed by atoms with Gasteiger partial charge in [0.2, 0.25) is 5.13 Å².